The number of carbonyl (C=O) groups is 2. The number of rotatable bonds is 22. The molecule has 0 saturated carbocycles. The first kappa shape index (κ1) is 59.9. The van der Waals surface area contributed by atoms with Crippen LogP contribution in [0, 0.1) is 6.92 Å². The molecule has 0 radical (unpaired) electrons. The van der Waals surface area contributed by atoms with E-state index in [-0.39, 0.29) is 64.1 Å². The molecule has 410 valence electrons. The molecule has 0 aliphatic heterocycles. The number of hydrogen-bond acceptors (Lipinski definition) is 22. The van der Waals surface area contributed by atoms with Gasteiger partial charge < -0.3 is 20.8 Å². The maximum absolute atomic E-state index is 12.6. The van der Waals surface area contributed by atoms with E-state index in [1.54, 1.807) is 0 Å². The third-order valence-electron chi connectivity index (χ3n) is 9.89. The summed E-state index contributed by atoms with van der Waals surface area (Å²) in [4.78, 5) is 21.1. The van der Waals surface area contributed by atoms with Gasteiger partial charge in [0.25, 0.3) is 40.5 Å². The molecule has 6 rings (SSSR count). The van der Waals surface area contributed by atoms with E-state index in [0.29, 0.717) is 6.07 Å². The Morgan fingerprint density at radius 3 is 1.39 bits per heavy atom. The van der Waals surface area contributed by atoms with Gasteiger partial charge in [0, 0.05) is 33.3 Å². The standard InChI is InChI=1S/C41H36Cl2N8O20S6/c1-21-16-27-25(7-10-30(40(27)76(64,65)66)44-34(52)19-72(56)70-14-12-42)38(54)36(21)50-49-29-9-6-24(17-32(29)74(58,59)60)48-46-22-2-4-23(5-3-22)47-51-37-33(75(61,62)63)18-28-26(39(37)55)8-11-31(41(28)77(67,68)69)45-35(53)20-73(57)71-15-13-43/h2-11,16-18,54-55H,12-15,19-20H2,1H3,(H,44,52)(H,45,53)(H,58,59,60)(H,61,62,63)(H,64,65,66)(H,67,68,69). The van der Waals surface area contributed by atoms with Crippen LogP contribution in [0.2, 0.25) is 0 Å². The molecule has 0 bridgehead atoms. The molecule has 6 aromatic carbocycles. The van der Waals surface area contributed by atoms with Crippen LogP contribution in [-0.2, 0) is 80.6 Å². The van der Waals surface area contributed by atoms with E-state index in [0.717, 1.165) is 42.5 Å². The Labute approximate surface area is 450 Å². The van der Waals surface area contributed by atoms with E-state index in [1.807, 2.05) is 0 Å². The first-order valence-electron chi connectivity index (χ1n) is 20.8. The van der Waals surface area contributed by atoms with Crippen molar-refractivity contribution in [2.45, 2.75) is 26.5 Å². The number of carbonyl (C=O) groups excluding carboxylic acids is 2. The number of anilines is 2. The number of aromatic hydroxyl groups is 2. The van der Waals surface area contributed by atoms with Gasteiger partial charge in [0.2, 0.25) is 11.8 Å². The second kappa shape index (κ2) is 24.5. The first-order chi connectivity index (χ1) is 36.0. The van der Waals surface area contributed by atoms with E-state index in [1.165, 1.54) is 37.3 Å². The topological polar surface area (TPSA) is 443 Å². The number of nitrogens with one attached hydrogen (secondary N) is 2. The maximum Gasteiger partial charge on any atom is 0.297 e. The average molecular weight is 1220 g/mol. The molecular weight excluding hydrogens is 1190 g/mol. The van der Waals surface area contributed by atoms with Crippen molar-refractivity contribution < 1.29 is 88.5 Å². The van der Waals surface area contributed by atoms with Crippen LogP contribution in [0.4, 0.5) is 45.5 Å². The van der Waals surface area contributed by atoms with Crippen molar-refractivity contribution in [2.75, 3.05) is 47.1 Å². The van der Waals surface area contributed by atoms with Crippen LogP contribution in [0.15, 0.2) is 129 Å². The Hall–Kier alpha value is -6.38. The van der Waals surface area contributed by atoms with Gasteiger partial charge in [-0.05, 0) is 91.3 Å². The number of phenols is 2. The molecule has 2 unspecified atom stereocenters. The molecule has 6 aromatic rings. The van der Waals surface area contributed by atoms with Gasteiger partial charge in [-0.3, -0.25) is 36.2 Å². The fourth-order valence-electron chi connectivity index (χ4n) is 6.80. The van der Waals surface area contributed by atoms with E-state index < -0.39 is 151 Å². The van der Waals surface area contributed by atoms with Crippen molar-refractivity contribution in [3.05, 3.63) is 84.4 Å². The Bertz CT molecular complexity index is 3980. The number of hydrogen-bond donors (Lipinski definition) is 8. The number of nitrogens with zero attached hydrogens (tertiary/aromatic N) is 6. The molecule has 0 fully saturated rings. The fraction of sp³-hybridized carbons (Fsp3) is 0.171. The van der Waals surface area contributed by atoms with Crippen molar-refractivity contribution in [1.82, 2.24) is 0 Å². The highest BCUT2D eigenvalue weighted by Gasteiger charge is 2.29. The number of amides is 2. The molecule has 2 atom stereocenters. The van der Waals surface area contributed by atoms with Gasteiger partial charge in [0.05, 0.1) is 41.7 Å². The number of phenolic OH excluding ortho intramolecular Hbond substituents is 2. The minimum atomic E-state index is -5.36. The van der Waals surface area contributed by atoms with Crippen LogP contribution in [-0.4, -0.2) is 119 Å². The van der Waals surface area contributed by atoms with Crippen molar-refractivity contribution in [3.8, 4) is 11.5 Å². The summed E-state index contributed by atoms with van der Waals surface area (Å²) < 4.78 is 174. The summed E-state index contributed by atoms with van der Waals surface area (Å²) in [7, 11) is -20.9. The van der Waals surface area contributed by atoms with Crippen molar-refractivity contribution in [2.24, 2.45) is 30.7 Å². The molecule has 77 heavy (non-hydrogen) atoms. The van der Waals surface area contributed by atoms with Crippen LogP contribution >= 0.6 is 23.2 Å². The third kappa shape index (κ3) is 15.0. The number of fused-ring (bicyclic) bond motifs is 2. The monoisotopic (exact) mass is 1220 g/mol. The van der Waals surface area contributed by atoms with Crippen LogP contribution < -0.4 is 10.6 Å². The zero-order valence-electron chi connectivity index (χ0n) is 38.5. The summed E-state index contributed by atoms with van der Waals surface area (Å²) in [6.07, 6.45) is 0. The van der Waals surface area contributed by atoms with E-state index in [4.69, 9.17) is 31.6 Å². The molecule has 0 saturated heterocycles. The van der Waals surface area contributed by atoms with Crippen LogP contribution in [0.5, 0.6) is 11.5 Å². The lowest BCUT2D eigenvalue weighted by atomic mass is 10.0. The summed E-state index contributed by atoms with van der Waals surface area (Å²) in [6.45, 7) is 1.01. The highest BCUT2D eigenvalue weighted by Crippen LogP contribution is 2.46. The Kier molecular flexibility index (Phi) is 19.1. The quantitative estimate of drug-likeness (QED) is 0.0184. The Morgan fingerprint density at radius 1 is 0.519 bits per heavy atom. The molecule has 2 amide bonds. The van der Waals surface area contributed by atoms with Gasteiger partial charge >= 0.3 is 0 Å². The normalized spacial score (nSPS) is 13.5. The Balaban J connectivity index is 1.25. The van der Waals surface area contributed by atoms with Gasteiger partial charge in [0.1, 0.15) is 48.1 Å². The summed E-state index contributed by atoms with van der Waals surface area (Å²) >= 11 is 6.60. The lowest BCUT2D eigenvalue weighted by Gasteiger charge is -2.15. The summed E-state index contributed by atoms with van der Waals surface area (Å²) in [5.41, 5.74) is -2.90. The lowest BCUT2D eigenvalue weighted by molar-refractivity contribution is -0.114. The molecule has 0 spiro atoms. The van der Waals surface area contributed by atoms with Crippen LogP contribution in [0.3, 0.4) is 0 Å². The molecule has 0 heterocycles. The third-order valence-corrected chi connectivity index (χ3v) is 15.7. The van der Waals surface area contributed by atoms with Gasteiger partial charge in [-0.1, -0.05) is 0 Å². The summed E-state index contributed by atoms with van der Waals surface area (Å²) in [5, 5.41) is 48.4. The number of alkyl halides is 2. The molecule has 8 N–H and O–H groups in total. The van der Waals surface area contributed by atoms with E-state index in [2.05, 4.69) is 41.3 Å². The SMILES string of the molecule is Cc1cc2c(S(=O)(=O)O)c(NC(=O)CS(=O)OCCCl)ccc2c(O)c1N=Nc1ccc(N=Nc2ccc(N=Nc3c(S(=O)(=O)O)cc4c(S(=O)(=O)O)c(NC(=O)CS(=O)OCCCl)ccc4c3O)cc2)cc1S(=O)(=O)O. The maximum atomic E-state index is 12.6. The summed E-state index contributed by atoms with van der Waals surface area (Å²) in [6, 6.07) is 14.0. The predicted molar refractivity (Wildman–Crippen MR) is 277 cm³/mol. The molecule has 0 aliphatic rings. The number of benzene rings is 6. The van der Waals surface area contributed by atoms with Gasteiger partial charge in [-0.15, -0.1) is 38.5 Å². The molecule has 28 nitrogen and oxygen atoms in total. The van der Waals surface area contributed by atoms with E-state index >= 15 is 0 Å². The molecule has 36 heteroatoms. The van der Waals surface area contributed by atoms with Crippen molar-refractivity contribution in [3.63, 3.8) is 0 Å². The minimum Gasteiger partial charge on any atom is -0.505 e. The van der Waals surface area contributed by atoms with Crippen molar-refractivity contribution >= 4 is 165 Å². The highest BCUT2D eigenvalue weighted by atomic mass is 35.5. The smallest absolute Gasteiger partial charge is 0.297 e. The Morgan fingerprint density at radius 2 is 0.935 bits per heavy atom. The molecular formula is C41H36Cl2N8O20S6. The number of halogens is 2. The average Bonchev–Trinajstić information content (AvgIpc) is 3.35. The van der Waals surface area contributed by atoms with Crippen LogP contribution in [0.25, 0.3) is 21.5 Å². The largest absolute Gasteiger partial charge is 0.505 e. The molecule has 0 aliphatic carbocycles. The first-order valence-corrected chi connectivity index (χ1v) is 30.1. The molecule has 0 aromatic heterocycles. The lowest BCUT2D eigenvalue weighted by Crippen LogP contribution is -2.22. The van der Waals surface area contributed by atoms with Crippen molar-refractivity contribution in [1.29, 1.82) is 0 Å². The zero-order valence-corrected chi connectivity index (χ0v) is 44.9. The highest BCUT2D eigenvalue weighted by molar-refractivity contribution is 7.87. The van der Waals surface area contributed by atoms with Gasteiger partial charge in [-0.25, -0.2) is 8.42 Å². The van der Waals surface area contributed by atoms with Gasteiger partial charge in [0.15, 0.2) is 33.7 Å². The minimum absolute atomic E-state index is 0.0169. The number of aryl methyl sites for hydroxylation is 1. The second-order valence-electron chi connectivity index (χ2n) is 15.2. The number of azo groups is 3. The van der Waals surface area contributed by atoms with Crippen LogP contribution in [0.1, 0.15) is 5.56 Å². The zero-order chi connectivity index (χ0) is 56.8. The second-order valence-corrected chi connectivity index (χ2v) is 23.7. The van der Waals surface area contributed by atoms with Gasteiger partial charge in [-0.2, -0.15) is 49.0 Å². The summed E-state index contributed by atoms with van der Waals surface area (Å²) in [5.74, 6) is -5.42. The predicted octanol–water partition coefficient (Wildman–Crippen LogP) is 7.66. The fourth-order valence-corrected chi connectivity index (χ4v) is 11.4. The van der Waals surface area contributed by atoms with E-state index in [9.17, 15) is 80.1 Å².